The van der Waals surface area contributed by atoms with Crippen molar-refractivity contribution in [1.29, 1.82) is 0 Å². The fraction of sp³-hybridized carbons (Fsp3) is 0.388. The molecule has 0 N–H and O–H groups in total. The minimum atomic E-state index is -0.909. The first-order valence-corrected chi connectivity index (χ1v) is 20.9. The average Bonchev–Trinajstić information content (AvgIpc) is 3.22. The summed E-state index contributed by atoms with van der Waals surface area (Å²) in [6, 6.07) is 20.3. The van der Waals surface area contributed by atoms with E-state index in [1.807, 2.05) is 79.7 Å². The number of nitrogens with zero attached hydrogens (tertiary/aromatic N) is 3. The van der Waals surface area contributed by atoms with Crippen LogP contribution in [0.2, 0.25) is 0 Å². The van der Waals surface area contributed by atoms with Crippen molar-refractivity contribution in [1.82, 2.24) is 5.01 Å². The molecule has 0 saturated heterocycles. The lowest BCUT2D eigenvalue weighted by molar-refractivity contribution is -0.125. The fourth-order valence-electron chi connectivity index (χ4n) is 6.68. The molecule has 59 heavy (non-hydrogen) atoms. The Kier molecular flexibility index (Phi) is 21.5. The SMILES string of the molecule is CCCC(=NCC)c1ccc(F)cc1.CCCC(=NN(C)C(=O)C(=O)c1c(CC)cc(C)cc1CC)c1ccc(F)cc1.CCc1cc(C)cc(CC)c1C(=O)C(=O)Cl. The molecule has 316 valence electrons. The van der Waals surface area contributed by atoms with Gasteiger partial charge in [0.15, 0.2) is 0 Å². The molecule has 0 fully saturated rings. The number of aryl methyl sites for hydroxylation is 6. The number of carbonyl (C=O) groups excluding carboxylic acids is 4. The van der Waals surface area contributed by atoms with Crippen LogP contribution in [0.25, 0.3) is 0 Å². The van der Waals surface area contributed by atoms with E-state index in [4.69, 9.17) is 11.6 Å². The van der Waals surface area contributed by atoms with Crippen LogP contribution < -0.4 is 0 Å². The number of Topliss-reactive ketones (excluding diaryl/α,β-unsaturated/α-hetero) is 2. The number of aliphatic imine (C=N–C) groups is 1. The highest BCUT2D eigenvalue weighted by atomic mass is 35.5. The predicted octanol–water partition coefficient (Wildman–Crippen LogP) is 11.6. The van der Waals surface area contributed by atoms with Gasteiger partial charge in [-0.3, -0.25) is 24.2 Å². The van der Waals surface area contributed by atoms with Crippen molar-refractivity contribution in [2.75, 3.05) is 13.6 Å². The van der Waals surface area contributed by atoms with Crippen LogP contribution in [0, 0.1) is 25.5 Å². The third kappa shape index (κ3) is 14.9. The Balaban J connectivity index is 0.000000337. The van der Waals surface area contributed by atoms with Crippen molar-refractivity contribution in [3.63, 3.8) is 0 Å². The lowest BCUT2D eigenvalue weighted by Crippen LogP contribution is -2.32. The van der Waals surface area contributed by atoms with Gasteiger partial charge in [-0.05, 0) is 129 Å². The number of ketones is 2. The maximum absolute atomic E-state index is 13.2. The van der Waals surface area contributed by atoms with Gasteiger partial charge in [0.25, 0.3) is 11.0 Å². The summed E-state index contributed by atoms with van der Waals surface area (Å²) < 4.78 is 25.9. The van der Waals surface area contributed by atoms with Gasteiger partial charge in [0.05, 0.1) is 5.71 Å². The van der Waals surface area contributed by atoms with Crippen LogP contribution in [0.5, 0.6) is 0 Å². The van der Waals surface area contributed by atoms with Gasteiger partial charge in [-0.1, -0.05) is 114 Å². The second kappa shape index (κ2) is 25.4. The molecule has 0 bridgehead atoms. The largest absolute Gasteiger partial charge is 0.314 e. The van der Waals surface area contributed by atoms with Crippen molar-refractivity contribution in [2.45, 2.75) is 114 Å². The number of amides is 1. The first-order valence-electron chi connectivity index (χ1n) is 20.5. The normalized spacial score (nSPS) is 11.2. The average molecular weight is 828 g/mol. The lowest BCUT2D eigenvalue weighted by Gasteiger charge is -2.17. The molecule has 4 rings (SSSR count). The van der Waals surface area contributed by atoms with Crippen LogP contribution in [-0.2, 0) is 35.3 Å². The maximum atomic E-state index is 13.2. The molecule has 0 spiro atoms. The van der Waals surface area contributed by atoms with Crippen LogP contribution in [-0.4, -0.2) is 52.7 Å². The zero-order chi connectivity index (χ0) is 44.2. The van der Waals surface area contributed by atoms with Gasteiger partial charge < -0.3 is 0 Å². The first-order chi connectivity index (χ1) is 28.1. The summed E-state index contributed by atoms with van der Waals surface area (Å²) in [5.74, 6) is -2.33. The van der Waals surface area contributed by atoms with Crippen molar-refractivity contribution >= 4 is 45.7 Å². The molecule has 0 atom stereocenters. The molecule has 0 aliphatic carbocycles. The number of hydrogen-bond donors (Lipinski definition) is 0. The summed E-state index contributed by atoms with van der Waals surface area (Å²) in [5.41, 5.74) is 10.2. The maximum Gasteiger partial charge on any atom is 0.314 e. The number of hydrogen-bond acceptors (Lipinski definition) is 6. The van der Waals surface area contributed by atoms with Gasteiger partial charge in [-0.15, -0.1) is 0 Å². The molecular formula is C49H60ClF2N3O4. The van der Waals surface area contributed by atoms with E-state index in [0.29, 0.717) is 36.1 Å². The van der Waals surface area contributed by atoms with Crippen molar-refractivity contribution in [2.24, 2.45) is 10.1 Å². The number of hydrazone groups is 1. The Morgan fingerprint density at radius 2 is 0.932 bits per heavy atom. The highest BCUT2D eigenvalue weighted by molar-refractivity contribution is 6.83. The van der Waals surface area contributed by atoms with Crippen LogP contribution in [0.15, 0.2) is 82.9 Å². The Labute approximate surface area is 355 Å². The molecule has 4 aromatic carbocycles. The molecule has 0 radical (unpaired) electrons. The van der Waals surface area contributed by atoms with Gasteiger partial charge in [-0.25, -0.2) is 13.8 Å². The van der Waals surface area contributed by atoms with Gasteiger partial charge in [0.2, 0.25) is 5.78 Å². The van der Waals surface area contributed by atoms with E-state index in [1.54, 1.807) is 24.3 Å². The van der Waals surface area contributed by atoms with Crippen molar-refractivity contribution in [3.8, 4) is 0 Å². The highest BCUT2D eigenvalue weighted by Gasteiger charge is 2.26. The molecule has 0 aliphatic heterocycles. The number of rotatable bonds is 16. The Morgan fingerprint density at radius 1 is 0.576 bits per heavy atom. The number of carbonyl (C=O) groups is 4. The Bertz CT molecular complexity index is 2060. The molecule has 0 aromatic heterocycles. The molecule has 0 aliphatic rings. The summed E-state index contributed by atoms with van der Waals surface area (Å²) in [4.78, 5) is 53.1. The lowest BCUT2D eigenvalue weighted by atomic mass is 9.92. The minimum absolute atomic E-state index is 0.193. The topological polar surface area (TPSA) is 96.2 Å². The Hall–Kier alpha value is -5.15. The second-order valence-corrected chi connectivity index (χ2v) is 14.4. The quantitative estimate of drug-likeness (QED) is 0.0369. The predicted molar refractivity (Wildman–Crippen MR) is 238 cm³/mol. The molecule has 0 saturated carbocycles. The molecule has 0 heterocycles. The molecule has 4 aromatic rings. The summed E-state index contributed by atoms with van der Waals surface area (Å²) in [6.07, 6.45) is 6.24. The van der Waals surface area contributed by atoms with E-state index in [1.165, 1.54) is 31.3 Å². The standard InChI is InChI=1S/C24H29FN2O2.C13H15ClO2.C12H16FN/c1-6-9-21(19-10-12-20(25)13-11-19)26-27(5)24(29)23(28)22-17(7-2)14-16(4)15-18(22)8-3;1-4-9-6-8(3)7-10(5-2)11(9)12(15)13(14)16;1-3-5-12(14-4-2)10-6-8-11(13)9-7-10/h10-15H,6-9H2,1-5H3;6-7H,4-5H2,1-3H3;6-9H,3-5H2,1-2H3. The van der Waals surface area contributed by atoms with E-state index in [2.05, 4.69) is 17.0 Å². The smallest absolute Gasteiger partial charge is 0.289 e. The Morgan fingerprint density at radius 3 is 1.27 bits per heavy atom. The van der Waals surface area contributed by atoms with E-state index in [0.717, 1.165) is 93.9 Å². The zero-order valence-electron chi connectivity index (χ0n) is 36.4. The summed E-state index contributed by atoms with van der Waals surface area (Å²) >= 11 is 5.27. The molecule has 1 amide bonds. The first kappa shape index (κ1) is 50.0. The summed E-state index contributed by atoms with van der Waals surface area (Å²) in [5, 5.41) is 4.60. The van der Waals surface area contributed by atoms with Crippen LogP contribution in [0.1, 0.15) is 139 Å². The third-order valence-electron chi connectivity index (χ3n) is 9.48. The van der Waals surface area contributed by atoms with Crippen LogP contribution in [0.4, 0.5) is 8.78 Å². The zero-order valence-corrected chi connectivity index (χ0v) is 37.2. The van der Waals surface area contributed by atoms with E-state index in [-0.39, 0.29) is 11.6 Å². The number of benzene rings is 4. The van der Waals surface area contributed by atoms with E-state index < -0.39 is 22.7 Å². The van der Waals surface area contributed by atoms with Gasteiger partial charge in [-0.2, -0.15) is 5.10 Å². The van der Waals surface area contributed by atoms with E-state index in [9.17, 15) is 28.0 Å². The summed E-state index contributed by atoms with van der Waals surface area (Å²) in [6.45, 7) is 18.8. The molecule has 7 nitrogen and oxygen atoms in total. The highest BCUT2D eigenvalue weighted by Crippen LogP contribution is 2.22. The van der Waals surface area contributed by atoms with Crippen molar-refractivity contribution < 1.29 is 28.0 Å². The fourth-order valence-corrected chi connectivity index (χ4v) is 6.77. The molecule has 0 unspecified atom stereocenters. The third-order valence-corrected chi connectivity index (χ3v) is 9.66. The molecule has 10 heteroatoms. The number of likely N-dealkylation sites (N-methyl/N-ethyl adjacent to an activating group) is 1. The van der Waals surface area contributed by atoms with Crippen molar-refractivity contribution in [3.05, 3.63) is 140 Å². The van der Waals surface area contributed by atoms with E-state index >= 15 is 0 Å². The molecular weight excluding hydrogens is 768 g/mol. The second-order valence-electron chi connectivity index (χ2n) is 14.1. The van der Waals surface area contributed by atoms with Gasteiger partial charge in [0.1, 0.15) is 11.6 Å². The van der Waals surface area contributed by atoms with Gasteiger partial charge in [0, 0.05) is 30.4 Å². The van der Waals surface area contributed by atoms with Crippen LogP contribution in [0.3, 0.4) is 0 Å². The number of halogens is 3. The van der Waals surface area contributed by atoms with Gasteiger partial charge >= 0.3 is 5.91 Å². The van der Waals surface area contributed by atoms with Crippen LogP contribution >= 0.6 is 11.6 Å². The summed E-state index contributed by atoms with van der Waals surface area (Å²) in [7, 11) is 1.49. The monoisotopic (exact) mass is 827 g/mol. The minimum Gasteiger partial charge on any atom is -0.289 e.